The molecule has 2 aliphatic heterocycles. The van der Waals surface area contributed by atoms with Crippen LogP contribution < -0.4 is 10.2 Å². The number of nitrogens with one attached hydrogen (secondary N) is 1. The Morgan fingerprint density at radius 2 is 2.06 bits per heavy atom. The number of anilines is 1. The molecule has 3 aromatic rings. The number of fused-ring (bicyclic) bond motifs is 3. The smallest absolute Gasteiger partial charge is 0.223 e. The van der Waals surface area contributed by atoms with Crippen LogP contribution in [0.2, 0.25) is 0 Å². The minimum Gasteiger partial charge on any atom is -0.356 e. The van der Waals surface area contributed by atoms with Crippen molar-refractivity contribution in [3.63, 3.8) is 0 Å². The zero-order chi connectivity index (χ0) is 21.2. The molecule has 8 nitrogen and oxygen atoms in total. The van der Waals surface area contributed by atoms with Crippen LogP contribution in [0.4, 0.5) is 5.82 Å². The number of piperidine rings is 1. The number of likely N-dealkylation sites (tertiary alicyclic amines) is 1. The first-order chi connectivity index (χ1) is 15.2. The average molecular weight is 439 g/mol. The lowest BCUT2D eigenvalue weighted by Crippen LogP contribution is -2.41. The molecule has 0 spiro atoms. The summed E-state index contributed by atoms with van der Waals surface area (Å²) in [4.78, 5) is 42.9. The summed E-state index contributed by atoms with van der Waals surface area (Å²) in [5.74, 6) is 1.35. The second-order valence-electron chi connectivity index (χ2n) is 8.22. The highest BCUT2D eigenvalue weighted by molar-refractivity contribution is 7.25. The van der Waals surface area contributed by atoms with Gasteiger partial charge in [-0.15, -0.1) is 11.3 Å². The molecule has 0 aliphatic carbocycles. The van der Waals surface area contributed by atoms with Crippen molar-refractivity contribution in [1.82, 2.24) is 25.2 Å². The molecule has 0 unspecified atom stereocenters. The summed E-state index contributed by atoms with van der Waals surface area (Å²) in [6, 6.07) is 3.98. The quantitative estimate of drug-likeness (QED) is 0.595. The fraction of sp³-hybridized carbons (Fsp3) is 0.500. The van der Waals surface area contributed by atoms with Gasteiger partial charge in [-0.2, -0.15) is 0 Å². The van der Waals surface area contributed by atoms with Crippen LogP contribution in [0, 0.1) is 5.92 Å². The van der Waals surface area contributed by atoms with E-state index in [0.29, 0.717) is 13.0 Å². The Labute approximate surface area is 184 Å². The Hall–Kier alpha value is -2.81. The normalized spacial score (nSPS) is 17.7. The van der Waals surface area contributed by atoms with Gasteiger partial charge in [-0.05, 0) is 37.8 Å². The zero-order valence-electron chi connectivity index (χ0n) is 17.4. The van der Waals surface area contributed by atoms with E-state index < -0.39 is 0 Å². The summed E-state index contributed by atoms with van der Waals surface area (Å²) in [5.41, 5.74) is 0.953. The Morgan fingerprint density at radius 3 is 2.87 bits per heavy atom. The van der Waals surface area contributed by atoms with Crippen molar-refractivity contribution in [3.8, 4) is 0 Å². The molecule has 31 heavy (non-hydrogen) atoms. The average Bonchev–Trinajstić information content (AvgIpc) is 3.39. The summed E-state index contributed by atoms with van der Waals surface area (Å²) in [5, 5.41) is 4.13. The zero-order valence-corrected chi connectivity index (χ0v) is 18.2. The van der Waals surface area contributed by atoms with Crippen LogP contribution in [0.15, 0.2) is 24.7 Å². The van der Waals surface area contributed by atoms with E-state index in [1.54, 1.807) is 23.9 Å². The fourth-order valence-corrected chi connectivity index (χ4v) is 5.66. The standard InChI is InChI=1S/C22H26N6O2S/c29-17-5-2-10-27(17)11-3-9-23-21(30)15-6-12-28(13-7-15)20-19-18(25-14-26-20)16-4-1-8-24-22(16)31-19/h1,4,8,14-15H,2-3,5-7,9-13H2,(H,23,30). The maximum absolute atomic E-state index is 12.6. The Bertz CT molecular complexity index is 1110. The second kappa shape index (κ2) is 8.74. The number of hydrogen-bond acceptors (Lipinski definition) is 7. The third kappa shape index (κ3) is 4.06. The molecule has 0 atom stereocenters. The largest absolute Gasteiger partial charge is 0.356 e. The van der Waals surface area contributed by atoms with Crippen LogP contribution in [0.3, 0.4) is 0 Å². The summed E-state index contributed by atoms with van der Waals surface area (Å²) in [6.07, 6.45) is 7.49. The van der Waals surface area contributed by atoms with Crippen molar-refractivity contribution in [2.45, 2.75) is 32.1 Å². The van der Waals surface area contributed by atoms with Crippen molar-refractivity contribution in [2.75, 3.05) is 37.6 Å². The molecule has 0 saturated carbocycles. The van der Waals surface area contributed by atoms with Gasteiger partial charge in [0.2, 0.25) is 11.8 Å². The van der Waals surface area contributed by atoms with Gasteiger partial charge in [-0.1, -0.05) is 0 Å². The molecule has 1 N–H and O–H groups in total. The predicted octanol–water partition coefficient (Wildman–Crippen LogP) is 2.58. The summed E-state index contributed by atoms with van der Waals surface area (Å²) < 4.78 is 1.07. The summed E-state index contributed by atoms with van der Waals surface area (Å²) >= 11 is 1.63. The highest BCUT2D eigenvalue weighted by atomic mass is 32.1. The van der Waals surface area contributed by atoms with E-state index in [0.717, 1.165) is 78.1 Å². The molecular formula is C22H26N6O2S. The molecule has 2 fully saturated rings. The first-order valence-electron chi connectivity index (χ1n) is 11.0. The number of rotatable bonds is 6. The van der Waals surface area contributed by atoms with Crippen LogP contribution in [-0.2, 0) is 9.59 Å². The maximum Gasteiger partial charge on any atom is 0.223 e. The Kier molecular flexibility index (Phi) is 5.67. The van der Waals surface area contributed by atoms with E-state index in [1.165, 1.54) is 0 Å². The van der Waals surface area contributed by atoms with Crippen molar-refractivity contribution < 1.29 is 9.59 Å². The molecule has 2 saturated heterocycles. The van der Waals surface area contributed by atoms with Gasteiger partial charge in [0.25, 0.3) is 0 Å². The van der Waals surface area contributed by atoms with Gasteiger partial charge in [0, 0.05) is 56.6 Å². The molecule has 0 aromatic carbocycles. The number of pyridine rings is 1. The fourth-order valence-electron chi connectivity index (χ4n) is 4.54. The van der Waals surface area contributed by atoms with E-state index in [-0.39, 0.29) is 17.7 Å². The SMILES string of the molecule is O=C(NCCCN1CCCC1=O)C1CCN(c2ncnc3c2sc2ncccc23)CC1. The van der Waals surface area contributed by atoms with E-state index in [4.69, 9.17) is 0 Å². The topological polar surface area (TPSA) is 91.3 Å². The molecule has 5 rings (SSSR count). The van der Waals surface area contributed by atoms with Crippen molar-refractivity contribution in [3.05, 3.63) is 24.7 Å². The number of carbonyl (C=O) groups is 2. The van der Waals surface area contributed by atoms with Crippen LogP contribution in [0.1, 0.15) is 32.1 Å². The molecule has 0 bridgehead atoms. The van der Waals surface area contributed by atoms with Gasteiger partial charge in [-0.25, -0.2) is 15.0 Å². The monoisotopic (exact) mass is 438 g/mol. The van der Waals surface area contributed by atoms with Crippen molar-refractivity contribution in [1.29, 1.82) is 0 Å². The van der Waals surface area contributed by atoms with Gasteiger partial charge < -0.3 is 15.1 Å². The number of thiophene rings is 1. The first kappa shape index (κ1) is 20.1. The minimum atomic E-state index is 0.0334. The van der Waals surface area contributed by atoms with Gasteiger partial charge in [0.1, 0.15) is 17.0 Å². The molecular weight excluding hydrogens is 412 g/mol. The maximum atomic E-state index is 12.6. The minimum absolute atomic E-state index is 0.0334. The number of aromatic nitrogens is 3. The van der Waals surface area contributed by atoms with E-state index in [2.05, 4.69) is 25.2 Å². The first-order valence-corrected chi connectivity index (χ1v) is 11.8. The summed E-state index contributed by atoms with van der Waals surface area (Å²) in [6.45, 7) is 3.83. The van der Waals surface area contributed by atoms with Gasteiger partial charge in [0.15, 0.2) is 0 Å². The lowest BCUT2D eigenvalue weighted by atomic mass is 9.96. The lowest BCUT2D eigenvalue weighted by molar-refractivity contribution is -0.127. The lowest BCUT2D eigenvalue weighted by Gasteiger charge is -2.32. The third-order valence-corrected chi connectivity index (χ3v) is 7.35. The molecule has 162 valence electrons. The van der Waals surface area contributed by atoms with Crippen LogP contribution >= 0.6 is 11.3 Å². The molecule has 2 aliphatic rings. The van der Waals surface area contributed by atoms with Crippen LogP contribution in [0.25, 0.3) is 20.4 Å². The van der Waals surface area contributed by atoms with Gasteiger partial charge in [0.05, 0.1) is 10.2 Å². The van der Waals surface area contributed by atoms with Crippen molar-refractivity contribution in [2.24, 2.45) is 5.92 Å². The predicted molar refractivity (Wildman–Crippen MR) is 121 cm³/mol. The highest BCUT2D eigenvalue weighted by Crippen LogP contribution is 2.37. The molecule has 3 aromatic heterocycles. The molecule has 2 amide bonds. The second-order valence-corrected chi connectivity index (χ2v) is 9.22. The van der Waals surface area contributed by atoms with Gasteiger partial charge >= 0.3 is 0 Å². The van der Waals surface area contributed by atoms with Crippen LogP contribution in [0.5, 0.6) is 0 Å². The molecule has 0 radical (unpaired) electrons. The Balaban J connectivity index is 1.16. The number of hydrogen-bond donors (Lipinski definition) is 1. The third-order valence-electron chi connectivity index (χ3n) is 6.25. The van der Waals surface area contributed by atoms with E-state index in [9.17, 15) is 9.59 Å². The number of amides is 2. The Morgan fingerprint density at radius 1 is 1.19 bits per heavy atom. The van der Waals surface area contributed by atoms with E-state index >= 15 is 0 Å². The number of carbonyl (C=O) groups excluding carboxylic acids is 2. The highest BCUT2D eigenvalue weighted by Gasteiger charge is 2.27. The number of nitrogens with zero attached hydrogens (tertiary/aromatic N) is 5. The molecule has 5 heterocycles. The van der Waals surface area contributed by atoms with Crippen LogP contribution in [-0.4, -0.2) is 64.4 Å². The summed E-state index contributed by atoms with van der Waals surface area (Å²) in [7, 11) is 0. The van der Waals surface area contributed by atoms with Crippen molar-refractivity contribution >= 4 is 49.4 Å². The molecule has 9 heteroatoms. The van der Waals surface area contributed by atoms with E-state index in [1.807, 2.05) is 17.0 Å². The van der Waals surface area contributed by atoms with Gasteiger partial charge in [-0.3, -0.25) is 9.59 Å².